The second-order valence-electron chi connectivity index (χ2n) is 4.64. The van der Waals surface area contributed by atoms with Gasteiger partial charge in [-0.05, 0) is 24.0 Å². The summed E-state index contributed by atoms with van der Waals surface area (Å²) < 4.78 is 4.80. The van der Waals surface area contributed by atoms with Crippen molar-refractivity contribution in [3.8, 4) is 0 Å². The smallest absolute Gasteiger partial charge is 0.328 e. The maximum absolute atomic E-state index is 12.2. The van der Waals surface area contributed by atoms with E-state index < -0.39 is 12.0 Å². The van der Waals surface area contributed by atoms with E-state index in [0.717, 1.165) is 18.4 Å². The molecule has 1 amide bonds. The number of carboxylic acids is 1. The predicted octanol–water partition coefficient (Wildman–Crippen LogP) is 0.932. The number of carbonyl (C=O) groups excluding carboxylic acids is 1. The number of fused-ring (bicyclic) bond motifs is 1. The van der Waals surface area contributed by atoms with Gasteiger partial charge in [0.15, 0.2) is 6.04 Å². The number of aliphatic carboxylic acids is 1. The number of benzene rings is 1. The van der Waals surface area contributed by atoms with Gasteiger partial charge in [-0.25, -0.2) is 4.79 Å². The van der Waals surface area contributed by atoms with Crippen molar-refractivity contribution in [1.82, 2.24) is 5.32 Å². The van der Waals surface area contributed by atoms with Gasteiger partial charge in [-0.1, -0.05) is 24.3 Å². The number of methoxy groups -OCH3 is 1. The Kier molecular flexibility index (Phi) is 4.16. The lowest BCUT2D eigenvalue weighted by atomic mass is 10.0. The first kappa shape index (κ1) is 13.5. The summed E-state index contributed by atoms with van der Waals surface area (Å²) in [5.41, 5.74) is 2.17. The molecule has 19 heavy (non-hydrogen) atoms. The van der Waals surface area contributed by atoms with Crippen molar-refractivity contribution in [3.05, 3.63) is 35.4 Å². The molecule has 0 aromatic heterocycles. The molecule has 0 spiro atoms. The number of nitrogens with one attached hydrogen (secondary N) is 1. The quantitative estimate of drug-likeness (QED) is 0.828. The largest absolute Gasteiger partial charge is 0.480 e. The number of carbonyl (C=O) groups is 2. The van der Waals surface area contributed by atoms with E-state index in [9.17, 15) is 9.59 Å². The van der Waals surface area contributed by atoms with Crippen LogP contribution in [0.1, 0.15) is 23.5 Å². The Morgan fingerprint density at radius 2 is 2.21 bits per heavy atom. The molecule has 5 heteroatoms. The topological polar surface area (TPSA) is 75.6 Å². The highest BCUT2D eigenvalue weighted by Gasteiger charge is 2.30. The first-order valence-corrected chi connectivity index (χ1v) is 6.23. The van der Waals surface area contributed by atoms with Gasteiger partial charge >= 0.3 is 5.97 Å². The molecule has 0 saturated carbocycles. The van der Waals surface area contributed by atoms with Gasteiger partial charge in [-0.2, -0.15) is 0 Å². The molecule has 2 unspecified atom stereocenters. The predicted molar refractivity (Wildman–Crippen MR) is 68.9 cm³/mol. The summed E-state index contributed by atoms with van der Waals surface area (Å²) in [5, 5.41) is 11.5. The highest BCUT2D eigenvalue weighted by atomic mass is 16.5. The lowest BCUT2D eigenvalue weighted by Gasteiger charge is -2.17. The molecular weight excluding hydrogens is 246 g/mol. The van der Waals surface area contributed by atoms with E-state index in [0.29, 0.717) is 0 Å². The van der Waals surface area contributed by atoms with Crippen LogP contribution in [0.15, 0.2) is 24.3 Å². The second kappa shape index (κ2) is 5.84. The fourth-order valence-electron chi connectivity index (χ4n) is 2.44. The van der Waals surface area contributed by atoms with Crippen molar-refractivity contribution in [2.45, 2.75) is 24.8 Å². The minimum absolute atomic E-state index is 0.0323. The number of hydrogen-bond acceptors (Lipinski definition) is 3. The number of ether oxygens (including phenoxy) is 1. The highest BCUT2D eigenvalue weighted by molar-refractivity contribution is 5.89. The van der Waals surface area contributed by atoms with E-state index in [-0.39, 0.29) is 18.4 Å². The lowest BCUT2D eigenvalue weighted by Crippen LogP contribution is -2.45. The normalized spacial score (nSPS) is 18.7. The molecule has 0 heterocycles. The van der Waals surface area contributed by atoms with Crippen LogP contribution in [0.3, 0.4) is 0 Å². The van der Waals surface area contributed by atoms with Gasteiger partial charge in [0.05, 0.1) is 12.5 Å². The van der Waals surface area contributed by atoms with Crippen LogP contribution < -0.4 is 5.32 Å². The van der Waals surface area contributed by atoms with Crippen LogP contribution in [-0.2, 0) is 20.7 Å². The molecular formula is C14H17NO4. The Balaban J connectivity index is 2.07. The van der Waals surface area contributed by atoms with Crippen molar-refractivity contribution in [3.63, 3.8) is 0 Å². The van der Waals surface area contributed by atoms with Gasteiger partial charge in [-0.15, -0.1) is 0 Å². The summed E-state index contributed by atoms with van der Waals surface area (Å²) in [6.45, 7) is -0.0323. The third-order valence-corrected chi connectivity index (χ3v) is 3.40. The number of hydrogen-bond donors (Lipinski definition) is 2. The van der Waals surface area contributed by atoms with Gasteiger partial charge < -0.3 is 15.2 Å². The Bertz CT molecular complexity index is 486. The van der Waals surface area contributed by atoms with Crippen molar-refractivity contribution < 1.29 is 19.4 Å². The third-order valence-electron chi connectivity index (χ3n) is 3.40. The van der Waals surface area contributed by atoms with Crippen LogP contribution in [0.4, 0.5) is 0 Å². The zero-order valence-corrected chi connectivity index (χ0v) is 10.8. The molecule has 2 atom stereocenters. The maximum Gasteiger partial charge on any atom is 0.328 e. The molecule has 0 fully saturated rings. The number of carboxylic acid groups (broad SMARTS) is 1. The van der Waals surface area contributed by atoms with E-state index in [2.05, 4.69) is 5.32 Å². The average Bonchev–Trinajstić information content (AvgIpc) is 2.81. The molecule has 2 rings (SSSR count). The Labute approximate surface area is 111 Å². The van der Waals surface area contributed by atoms with Crippen LogP contribution in [0.5, 0.6) is 0 Å². The Hall–Kier alpha value is -1.88. The molecule has 1 aromatic carbocycles. The summed E-state index contributed by atoms with van der Waals surface area (Å²) in [6, 6.07) is 6.79. The van der Waals surface area contributed by atoms with E-state index >= 15 is 0 Å². The van der Waals surface area contributed by atoms with Crippen LogP contribution in [0.2, 0.25) is 0 Å². The fraction of sp³-hybridized carbons (Fsp3) is 0.429. The van der Waals surface area contributed by atoms with Crippen molar-refractivity contribution >= 4 is 11.9 Å². The summed E-state index contributed by atoms with van der Waals surface area (Å²) in [5.74, 6) is -1.58. The summed E-state index contributed by atoms with van der Waals surface area (Å²) in [6.07, 6.45) is 1.58. The van der Waals surface area contributed by atoms with E-state index in [1.54, 1.807) is 0 Å². The van der Waals surface area contributed by atoms with Crippen molar-refractivity contribution in [2.24, 2.45) is 0 Å². The minimum Gasteiger partial charge on any atom is -0.480 e. The van der Waals surface area contributed by atoms with Crippen molar-refractivity contribution in [2.75, 3.05) is 13.7 Å². The summed E-state index contributed by atoms with van der Waals surface area (Å²) in [7, 11) is 1.41. The molecule has 0 bridgehead atoms. The lowest BCUT2D eigenvalue weighted by molar-refractivity contribution is -0.143. The number of aryl methyl sites for hydroxylation is 1. The fourth-order valence-corrected chi connectivity index (χ4v) is 2.44. The first-order valence-electron chi connectivity index (χ1n) is 6.23. The first-order chi connectivity index (χ1) is 9.13. The van der Waals surface area contributed by atoms with Crippen LogP contribution in [0, 0.1) is 0 Å². The van der Waals surface area contributed by atoms with Crippen LogP contribution in [-0.4, -0.2) is 36.7 Å². The highest BCUT2D eigenvalue weighted by Crippen LogP contribution is 2.32. The van der Waals surface area contributed by atoms with Gasteiger partial charge in [0, 0.05) is 7.11 Å². The van der Waals surface area contributed by atoms with Gasteiger partial charge in [0.1, 0.15) is 0 Å². The van der Waals surface area contributed by atoms with Gasteiger partial charge in [0.2, 0.25) is 5.91 Å². The molecule has 1 aliphatic carbocycles. The zero-order chi connectivity index (χ0) is 13.8. The molecule has 0 radical (unpaired) electrons. The van der Waals surface area contributed by atoms with Crippen LogP contribution >= 0.6 is 0 Å². The molecule has 1 aliphatic rings. The zero-order valence-electron chi connectivity index (χ0n) is 10.8. The van der Waals surface area contributed by atoms with E-state index in [4.69, 9.17) is 9.84 Å². The Morgan fingerprint density at radius 1 is 1.47 bits per heavy atom. The molecule has 2 N–H and O–H groups in total. The molecule has 1 aromatic rings. The third kappa shape index (κ3) is 2.93. The molecule has 5 nitrogen and oxygen atoms in total. The summed E-state index contributed by atoms with van der Waals surface area (Å²) >= 11 is 0. The SMILES string of the molecule is COCC(NC(=O)C1CCc2ccccc21)C(=O)O. The second-order valence-corrected chi connectivity index (χ2v) is 4.64. The number of rotatable bonds is 5. The molecule has 102 valence electrons. The van der Waals surface area contributed by atoms with Crippen molar-refractivity contribution in [1.29, 1.82) is 0 Å². The molecule has 0 saturated heterocycles. The van der Waals surface area contributed by atoms with Crippen LogP contribution in [0.25, 0.3) is 0 Å². The van der Waals surface area contributed by atoms with Gasteiger partial charge in [-0.3, -0.25) is 4.79 Å². The van der Waals surface area contributed by atoms with E-state index in [1.807, 2.05) is 24.3 Å². The Morgan fingerprint density at radius 3 is 2.89 bits per heavy atom. The van der Waals surface area contributed by atoms with E-state index in [1.165, 1.54) is 12.7 Å². The maximum atomic E-state index is 12.2. The number of amides is 1. The summed E-state index contributed by atoms with van der Waals surface area (Å²) in [4.78, 5) is 23.2. The molecule has 0 aliphatic heterocycles. The monoisotopic (exact) mass is 263 g/mol. The van der Waals surface area contributed by atoms with Gasteiger partial charge in [0.25, 0.3) is 0 Å². The minimum atomic E-state index is -1.08. The standard InChI is InChI=1S/C14H17NO4/c1-19-8-12(14(17)18)15-13(16)11-7-6-9-4-2-3-5-10(9)11/h2-5,11-12H,6-8H2,1H3,(H,15,16)(H,17,18). The average molecular weight is 263 g/mol.